The summed E-state index contributed by atoms with van der Waals surface area (Å²) >= 11 is 9.30. The second-order valence-corrected chi connectivity index (χ2v) is 6.13. The average Bonchev–Trinajstić information content (AvgIpc) is 2.82. The van der Waals surface area contributed by atoms with E-state index in [1.165, 1.54) is 0 Å². The predicted octanol–water partition coefficient (Wildman–Crippen LogP) is 3.78. The van der Waals surface area contributed by atoms with Gasteiger partial charge in [0, 0.05) is 17.7 Å². The second kappa shape index (κ2) is 6.70. The summed E-state index contributed by atoms with van der Waals surface area (Å²) in [5, 5.41) is 4.49. The summed E-state index contributed by atoms with van der Waals surface area (Å²) in [7, 11) is 0. The molecule has 0 fully saturated rings. The van der Waals surface area contributed by atoms with E-state index >= 15 is 0 Å². The highest BCUT2D eigenvalue weighted by Gasteiger charge is 2.09. The van der Waals surface area contributed by atoms with E-state index in [1.54, 1.807) is 23.1 Å². The van der Waals surface area contributed by atoms with E-state index in [9.17, 15) is 0 Å². The summed E-state index contributed by atoms with van der Waals surface area (Å²) in [6.45, 7) is 7.63. The Hall–Kier alpha value is -0.360. The number of aromatic nitrogens is 2. The number of fused-ring (bicyclic) bond motifs is 1. The molecule has 2 aromatic heterocycles. The number of thioether (sulfide) groups is 1. The smallest absolute Gasteiger partial charge is 0.224 e. The topological polar surface area (TPSA) is 29.0 Å². The second-order valence-electron chi connectivity index (χ2n) is 3.81. The van der Waals surface area contributed by atoms with Gasteiger partial charge >= 0.3 is 0 Å². The molecule has 0 aliphatic carbocycles. The van der Waals surface area contributed by atoms with Crippen molar-refractivity contribution >= 4 is 44.9 Å². The third kappa shape index (κ3) is 3.35. The molecule has 0 atom stereocenters. The molecule has 0 saturated carbocycles. The summed E-state index contributed by atoms with van der Waals surface area (Å²) in [5.41, 5.74) is 0. The molecule has 0 amide bonds. The van der Waals surface area contributed by atoms with Crippen LogP contribution in [0.15, 0.2) is 16.5 Å². The van der Waals surface area contributed by atoms with E-state index in [0.29, 0.717) is 5.28 Å². The SMILES string of the molecule is CCN(CC)CCSc1nc(Cl)nc2sccc12. The number of hydrogen-bond acceptors (Lipinski definition) is 5. The van der Waals surface area contributed by atoms with Crippen molar-refractivity contribution in [3.63, 3.8) is 0 Å². The molecule has 0 aliphatic heterocycles. The highest BCUT2D eigenvalue weighted by molar-refractivity contribution is 7.99. The predicted molar refractivity (Wildman–Crippen MR) is 80.9 cm³/mol. The summed E-state index contributed by atoms with van der Waals surface area (Å²) in [4.78, 5) is 11.9. The minimum Gasteiger partial charge on any atom is -0.303 e. The van der Waals surface area contributed by atoms with Crippen molar-refractivity contribution in [2.45, 2.75) is 18.9 Å². The van der Waals surface area contributed by atoms with E-state index in [2.05, 4.69) is 34.8 Å². The number of hydrogen-bond donors (Lipinski definition) is 0. The van der Waals surface area contributed by atoms with Crippen LogP contribution >= 0.6 is 34.7 Å². The summed E-state index contributed by atoms with van der Waals surface area (Å²) in [5.74, 6) is 1.03. The van der Waals surface area contributed by atoms with Crippen LogP contribution in [-0.2, 0) is 0 Å². The number of rotatable bonds is 6. The standard InChI is InChI=1S/C12H16ClN3S2/c1-3-16(4-2)6-8-18-11-9-5-7-17-10(9)14-12(13)15-11/h5,7H,3-4,6,8H2,1-2H3. The molecule has 0 bridgehead atoms. The van der Waals surface area contributed by atoms with E-state index in [4.69, 9.17) is 11.6 Å². The van der Waals surface area contributed by atoms with Gasteiger partial charge in [-0.05, 0) is 36.1 Å². The molecular formula is C12H16ClN3S2. The van der Waals surface area contributed by atoms with Gasteiger partial charge in [0.25, 0.3) is 0 Å². The quantitative estimate of drug-likeness (QED) is 0.461. The van der Waals surface area contributed by atoms with Gasteiger partial charge in [0.1, 0.15) is 9.86 Å². The summed E-state index contributed by atoms with van der Waals surface area (Å²) in [6.07, 6.45) is 0. The first kappa shape index (κ1) is 14.1. The third-order valence-corrected chi connectivity index (χ3v) is 4.75. The van der Waals surface area contributed by atoms with Crippen LogP contribution in [0.25, 0.3) is 10.2 Å². The fourth-order valence-corrected chi connectivity index (χ4v) is 3.84. The first-order valence-corrected chi connectivity index (χ1v) is 8.24. The van der Waals surface area contributed by atoms with Gasteiger partial charge < -0.3 is 4.90 Å². The van der Waals surface area contributed by atoms with Crippen molar-refractivity contribution in [3.8, 4) is 0 Å². The zero-order valence-electron chi connectivity index (χ0n) is 10.5. The maximum absolute atomic E-state index is 5.94. The monoisotopic (exact) mass is 301 g/mol. The van der Waals surface area contributed by atoms with Crippen LogP contribution in [0, 0.1) is 0 Å². The minimum atomic E-state index is 0.343. The van der Waals surface area contributed by atoms with Crippen LogP contribution in [0.3, 0.4) is 0 Å². The molecule has 0 radical (unpaired) electrons. The Morgan fingerprint density at radius 2 is 2.11 bits per heavy atom. The maximum Gasteiger partial charge on any atom is 0.224 e. The Kier molecular flexibility index (Phi) is 5.24. The lowest BCUT2D eigenvalue weighted by Crippen LogP contribution is -2.25. The van der Waals surface area contributed by atoms with Crippen LogP contribution in [-0.4, -0.2) is 40.3 Å². The average molecular weight is 302 g/mol. The Bertz CT molecular complexity index is 511. The van der Waals surface area contributed by atoms with Crippen molar-refractivity contribution in [2.24, 2.45) is 0 Å². The molecular weight excluding hydrogens is 286 g/mol. The van der Waals surface area contributed by atoms with Crippen molar-refractivity contribution in [3.05, 3.63) is 16.7 Å². The zero-order chi connectivity index (χ0) is 13.0. The van der Waals surface area contributed by atoms with Crippen LogP contribution in [0.5, 0.6) is 0 Å². The van der Waals surface area contributed by atoms with Crippen LogP contribution in [0.2, 0.25) is 5.28 Å². The lowest BCUT2D eigenvalue weighted by molar-refractivity contribution is 0.324. The molecule has 18 heavy (non-hydrogen) atoms. The Morgan fingerprint density at radius 1 is 1.33 bits per heavy atom. The van der Waals surface area contributed by atoms with Crippen molar-refractivity contribution < 1.29 is 0 Å². The lowest BCUT2D eigenvalue weighted by atomic mass is 10.4. The van der Waals surface area contributed by atoms with Crippen LogP contribution in [0.4, 0.5) is 0 Å². The van der Waals surface area contributed by atoms with Crippen molar-refractivity contribution in [2.75, 3.05) is 25.4 Å². The highest BCUT2D eigenvalue weighted by atomic mass is 35.5. The van der Waals surface area contributed by atoms with Crippen LogP contribution in [0.1, 0.15) is 13.8 Å². The molecule has 0 unspecified atom stereocenters. The molecule has 6 heteroatoms. The van der Waals surface area contributed by atoms with Gasteiger partial charge in [-0.15, -0.1) is 23.1 Å². The molecule has 98 valence electrons. The molecule has 0 saturated heterocycles. The molecule has 2 heterocycles. The number of halogens is 1. The molecule has 3 nitrogen and oxygen atoms in total. The molecule has 2 rings (SSSR count). The molecule has 0 N–H and O–H groups in total. The first-order chi connectivity index (χ1) is 8.74. The molecule has 0 aromatic carbocycles. The van der Waals surface area contributed by atoms with Crippen LogP contribution < -0.4 is 0 Å². The minimum absolute atomic E-state index is 0.343. The largest absolute Gasteiger partial charge is 0.303 e. The highest BCUT2D eigenvalue weighted by Crippen LogP contribution is 2.29. The normalized spacial score (nSPS) is 11.6. The maximum atomic E-state index is 5.94. The van der Waals surface area contributed by atoms with E-state index < -0.39 is 0 Å². The summed E-state index contributed by atoms with van der Waals surface area (Å²) in [6, 6.07) is 2.07. The van der Waals surface area contributed by atoms with E-state index in [1.807, 2.05) is 5.38 Å². The van der Waals surface area contributed by atoms with Gasteiger partial charge in [-0.3, -0.25) is 0 Å². The fourth-order valence-electron chi connectivity index (χ4n) is 1.72. The zero-order valence-corrected chi connectivity index (χ0v) is 12.9. The Morgan fingerprint density at radius 3 is 2.83 bits per heavy atom. The summed E-state index contributed by atoms with van der Waals surface area (Å²) < 4.78 is 0. The molecule has 0 aliphatic rings. The number of thiophene rings is 1. The van der Waals surface area contributed by atoms with Crippen molar-refractivity contribution in [1.29, 1.82) is 0 Å². The lowest BCUT2D eigenvalue weighted by Gasteiger charge is -2.17. The van der Waals surface area contributed by atoms with Gasteiger partial charge in [-0.2, -0.15) is 0 Å². The van der Waals surface area contributed by atoms with Gasteiger partial charge in [0.15, 0.2) is 0 Å². The Labute approximate surface area is 121 Å². The van der Waals surface area contributed by atoms with Gasteiger partial charge in [-0.25, -0.2) is 9.97 Å². The van der Waals surface area contributed by atoms with E-state index in [-0.39, 0.29) is 0 Å². The van der Waals surface area contributed by atoms with Gasteiger partial charge in [-0.1, -0.05) is 13.8 Å². The van der Waals surface area contributed by atoms with Crippen molar-refractivity contribution in [1.82, 2.24) is 14.9 Å². The van der Waals surface area contributed by atoms with Gasteiger partial charge in [0.05, 0.1) is 0 Å². The third-order valence-electron chi connectivity index (χ3n) is 2.80. The van der Waals surface area contributed by atoms with E-state index in [0.717, 1.165) is 40.6 Å². The van der Waals surface area contributed by atoms with Gasteiger partial charge in [0.2, 0.25) is 5.28 Å². The molecule has 2 aromatic rings. The Balaban J connectivity index is 2.05. The fraction of sp³-hybridized carbons (Fsp3) is 0.500. The first-order valence-electron chi connectivity index (χ1n) is 6.00. The number of nitrogens with zero attached hydrogens (tertiary/aromatic N) is 3. The molecule has 0 spiro atoms.